The number of carbonyl (C=O) groups excluding carboxylic acids is 1. The van der Waals surface area contributed by atoms with E-state index in [4.69, 9.17) is 5.73 Å². The summed E-state index contributed by atoms with van der Waals surface area (Å²) in [5.41, 5.74) is 6.19. The molecule has 2 rings (SSSR count). The highest BCUT2D eigenvalue weighted by Crippen LogP contribution is 2.15. The molecule has 1 aromatic carbocycles. The second-order valence-corrected chi connectivity index (χ2v) is 3.86. The number of pyridine rings is 1. The molecule has 0 radical (unpaired) electrons. The van der Waals surface area contributed by atoms with Gasteiger partial charge in [-0.3, -0.25) is 9.78 Å². The molecule has 0 aliphatic rings. The van der Waals surface area contributed by atoms with Gasteiger partial charge in [-0.05, 0) is 18.2 Å². The molecule has 1 aromatic heterocycles. The SMILES string of the molecule is NCC#Cc1cnccc1C(=O)Nc1ccccc1F. The van der Waals surface area contributed by atoms with E-state index in [1.54, 1.807) is 12.1 Å². The molecule has 1 heterocycles. The van der Waals surface area contributed by atoms with Crippen molar-refractivity contribution in [2.45, 2.75) is 0 Å². The molecule has 1 amide bonds. The fraction of sp³-hybridized carbons (Fsp3) is 0.0667. The van der Waals surface area contributed by atoms with Crippen molar-refractivity contribution in [3.63, 3.8) is 0 Å². The number of para-hydroxylation sites is 1. The van der Waals surface area contributed by atoms with E-state index in [2.05, 4.69) is 22.1 Å². The van der Waals surface area contributed by atoms with Gasteiger partial charge in [0.25, 0.3) is 5.91 Å². The number of benzene rings is 1. The Bertz CT molecular complexity index is 689. The molecular weight excluding hydrogens is 257 g/mol. The van der Waals surface area contributed by atoms with Crippen molar-refractivity contribution in [2.75, 3.05) is 11.9 Å². The monoisotopic (exact) mass is 269 g/mol. The molecule has 0 aliphatic heterocycles. The maximum Gasteiger partial charge on any atom is 0.257 e. The molecule has 0 atom stereocenters. The predicted molar refractivity (Wildman–Crippen MR) is 74.5 cm³/mol. The van der Waals surface area contributed by atoms with E-state index in [1.807, 2.05) is 0 Å². The van der Waals surface area contributed by atoms with Gasteiger partial charge < -0.3 is 11.1 Å². The lowest BCUT2D eigenvalue weighted by Crippen LogP contribution is -2.14. The minimum atomic E-state index is -0.496. The van der Waals surface area contributed by atoms with Gasteiger partial charge in [-0.1, -0.05) is 24.0 Å². The quantitative estimate of drug-likeness (QED) is 0.817. The second-order valence-electron chi connectivity index (χ2n) is 3.86. The van der Waals surface area contributed by atoms with Crippen molar-refractivity contribution < 1.29 is 9.18 Å². The number of hydrogen-bond acceptors (Lipinski definition) is 3. The molecule has 0 unspecified atom stereocenters. The van der Waals surface area contributed by atoms with Gasteiger partial charge in [0.1, 0.15) is 5.82 Å². The third kappa shape index (κ3) is 3.19. The van der Waals surface area contributed by atoms with Crippen molar-refractivity contribution in [1.82, 2.24) is 4.98 Å². The first-order valence-corrected chi connectivity index (χ1v) is 5.91. The van der Waals surface area contributed by atoms with E-state index < -0.39 is 11.7 Å². The zero-order chi connectivity index (χ0) is 14.4. The summed E-state index contributed by atoms with van der Waals surface area (Å²) >= 11 is 0. The van der Waals surface area contributed by atoms with E-state index >= 15 is 0 Å². The zero-order valence-electron chi connectivity index (χ0n) is 10.6. The lowest BCUT2D eigenvalue weighted by Gasteiger charge is -2.07. The third-order valence-corrected chi connectivity index (χ3v) is 2.51. The summed E-state index contributed by atoms with van der Waals surface area (Å²) in [6.07, 6.45) is 2.95. The summed E-state index contributed by atoms with van der Waals surface area (Å²) in [4.78, 5) is 16.1. The second kappa shape index (κ2) is 6.45. The number of anilines is 1. The van der Waals surface area contributed by atoms with Crippen LogP contribution in [0.4, 0.5) is 10.1 Å². The maximum atomic E-state index is 13.5. The predicted octanol–water partition coefficient (Wildman–Crippen LogP) is 1.78. The number of carbonyl (C=O) groups is 1. The van der Waals surface area contributed by atoms with Gasteiger partial charge in [-0.2, -0.15) is 0 Å². The van der Waals surface area contributed by atoms with Crippen LogP contribution >= 0.6 is 0 Å². The number of nitrogens with two attached hydrogens (primary N) is 1. The van der Waals surface area contributed by atoms with Gasteiger partial charge in [0.2, 0.25) is 0 Å². The van der Waals surface area contributed by atoms with Crippen molar-refractivity contribution in [3.8, 4) is 11.8 Å². The molecule has 3 N–H and O–H groups in total. The van der Waals surface area contributed by atoms with Crippen molar-refractivity contribution in [2.24, 2.45) is 5.73 Å². The molecule has 2 aromatic rings. The molecule has 100 valence electrons. The van der Waals surface area contributed by atoms with Gasteiger partial charge >= 0.3 is 0 Å². The van der Waals surface area contributed by atoms with Crippen LogP contribution in [0.15, 0.2) is 42.7 Å². The number of nitrogens with zero attached hydrogens (tertiary/aromatic N) is 1. The van der Waals surface area contributed by atoms with Crippen molar-refractivity contribution in [1.29, 1.82) is 0 Å². The number of hydrogen-bond donors (Lipinski definition) is 2. The first-order valence-electron chi connectivity index (χ1n) is 5.91. The fourth-order valence-electron chi connectivity index (χ4n) is 1.59. The Morgan fingerprint density at radius 2 is 2.15 bits per heavy atom. The van der Waals surface area contributed by atoms with Crippen LogP contribution in [0.1, 0.15) is 15.9 Å². The summed E-state index contributed by atoms with van der Waals surface area (Å²) in [5.74, 6) is 4.48. The van der Waals surface area contributed by atoms with Gasteiger partial charge in [0.05, 0.1) is 23.4 Å². The summed E-state index contributed by atoms with van der Waals surface area (Å²) in [6, 6.07) is 7.48. The molecule has 0 fully saturated rings. The average Bonchev–Trinajstić information content (AvgIpc) is 2.47. The summed E-state index contributed by atoms with van der Waals surface area (Å²) in [6.45, 7) is 0.184. The minimum Gasteiger partial charge on any atom is -0.320 e. The first kappa shape index (κ1) is 13.7. The Labute approximate surface area is 115 Å². The zero-order valence-corrected chi connectivity index (χ0v) is 10.6. The van der Waals surface area contributed by atoms with E-state index in [0.29, 0.717) is 11.1 Å². The summed E-state index contributed by atoms with van der Waals surface area (Å²) in [7, 11) is 0. The van der Waals surface area contributed by atoms with Crippen LogP contribution in [0.3, 0.4) is 0 Å². The molecule has 0 saturated heterocycles. The Kier molecular flexibility index (Phi) is 4.43. The van der Waals surface area contributed by atoms with Crippen LogP contribution in [0.5, 0.6) is 0 Å². The molecule has 0 bridgehead atoms. The average molecular weight is 269 g/mol. The topological polar surface area (TPSA) is 68.0 Å². The van der Waals surface area contributed by atoms with Crippen LogP contribution in [0, 0.1) is 17.7 Å². The maximum absolute atomic E-state index is 13.5. The van der Waals surface area contributed by atoms with Crippen LogP contribution in [-0.2, 0) is 0 Å². The highest BCUT2D eigenvalue weighted by Gasteiger charge is 2.12. The molecule has 4 nitrogen and oxygen atoms in total. The Morgan fingerprint density at radius 3 is 2.90 bits per heavy atom. The Hall–Kier alpha value is -2.71. The largest absolute Gasteiger partial charge is 0.320 e. The number of rotatable bonds is 2. The van der Waals surface area contributed by atoms with Gasteiger partial charge in [-0.25, -0.2) is 4.39 Å². The minimum absolute atomic E-state index is 0.118. The van der Waals surface area contributed by atoms with Crippen molar-refractivity contribution in [3.05, 3.63) is 59.7 Å². The standard InChI is InChI=1S/C15H12FN3O/c16-13-5-1-2-6-14(13)19-15(20)12-7-9-18-10-11(12)4-3-8-17/h1-2,5-7,9-10H,8,17H2,(H,19,20). The first-order chi connectivity index (χ1) is 9.72. The molecule has 0 spiro atoms. The smallest absolute Gasteiger partial charge is 0.257 e. The Balaban J connectivity index is 2.28. The van der Waals surface area contributed by atoms with Crippen LogP contribution in [0.25, 0.3) is 0 Å². The van der Waals surface area contributed by atoms with E-state index in [1.165, 1.54) is 30.6 Å². The summed E-state index contributed by atoms with van der Waals surface area (Å²) in [5, 5.41) is 2.50. The summed E-state index contributed by atoms with van der Waals surface area (Å²) < 4.78 is 13.5. The lowest BCUT2D eigenvalue weighted by atomic mass is 10.1. The molecule has 0 aliphatic carbocycles. The number of aromatic nitrogens is 1. The van der Waals surface area contributed by atoms with E-state index in [-0.39, 0.29) is 12.2 Å². The Morgan fingerprint density at radius 1 is 1.35 bits per heavy atom. The third-order valence-electron chi connectivity index (χ3n) is 2.51. The van der Waals surface area contributed by atoms with Crippen LogP contribution < -0.4 is 11.1 Å². The molecule has 20 heavy (non-hydrogen) atoms. The highest BCUT2D eigenvalue weighted by molar-refractivity contribution is 6.05. The highest BCUT2D eigenvalue weighted by atomic mass is 19.1. The van der Waals surface area contributed by atoms with Crippen molar-refractivity contribution >= 4 is 11.6 Å². The van der Waals surface area contributed by atoms with Crippen LogP contribution in [0.2, 0.25) is 0 Å². The lowest BCUT2D eigenvalue weighted by molar-refractivity contribution is 0.102. The number of amides is 1. The van der Waals surface area contributed by atoms with Gasteiger partial charge in [0.15, 0.2) is 0 Å². The normalized spacial score (nSPS) is 9.50. The van der Waals surface area contributed by atoms with E-state index in [9.17, 15) is 9.18 Å². The van der Waals surface area contributed by atoms with Gasteiger partial charge in [0, 0.05) is 12.4 Å². The molecule has 5 heteroatoms. The van der Waals surface area contributed by atoms with E-state index in [0.717, 1.165) is 0 Å². The molecular formula is C15H12FN3O. The van der Waals surface area contributed by atoms with Gasteiger partial charge in [-0.15, -0.1) is 0 Å². The van der Waals surface area contributed by atoms with Crippen LogP contribution in [-0.4, -0.2) is 17.4 Å². The number of halogens is 1. The fourth-order valence-corrected chi connectivity index (χ4v) is 1.59. The number of nitrogens with one attached hydrogen (secondary N) is 1. The molecule has 0 saturated carbocycles.